The first-order valence-electron chi connectivity index (χ1n) is 5.72. The molecule has 0 saturated carbocycles. The zero-order valence-electron chi connectivity index (χ0n) is 11.0. The molecule has 16 heavy (non-hydrogen) atoms. The molecule has 0 amide bonds. The van der Waals surface area contributed by atoms with E-state index >= 15 is 0 Å². The van der Waals surface area contributed by atoms with Crippen molar-refractivity contribution < 1.29 is 8.83 Å². The second-order valence-corrected chi connectivity index (χ2v) is 6.45. The third kappa shape index (κ3) is 1.89. The maximum atomic E-state index is 5.81. The van der Waals surface area contributed by atoms with Gasteiger partial charge in [0.2, 0.25) is 0 Å². The minimum absolute atomic E-state index is 0.0312. The molecule has 0 radical (unpaired) electrons. The first kappa shape index (κ1) is 11.3. The number of furan rings is 2. The molecule has 2 rings (SSSR count). The number of fused-ring (bicyclic) bond motifs is 1. The molecule has 0 saturated heterocycles. The van der Waals surface area contributed by atoms with Gasteiger partial charge in [0.1, 0.15) is 11.5 Å². The second kappa shape index (κ2) is 3.16. The fourth-order valence-corrected chi connectivity index (χ4v) is 1.57. The highest BCUT2D eigenvalue weighted by atomic mass is 16.4. The van der Waals surface area contributed by atoms with Gasteiger partial charge in [-0.2, -0.15) is 0 Å². The lowest BCUT2D eigenvalue weighted by Gasteiger charge is -2.15. The Kier molecular flexibility index (Phi) is 2.23. The van der Waals surface area contributed by atoms with Gasteiger partial charge in [0.05, 0.1) is 0 Å². The largest absolute Gasteiger partial charge is 0.457 e. The van der Waals surface area contributed by atoms with Crippen LogP contribution >= 0.6 is 0 Å². The van der Waals surface area contributed by atoms with Gasteiger partial charge < -0.3 is 8.83 Å². The maximum absolute atomic E-state index is 5.81. The predicted molar refractivity (Wildman–Crippen MR) is 65.9 cm³/mol. The lowest BCUT2D eigenvalue weighted by Crippen LogP contribution is -2.10. The summed E-state index contributed by atoms with van der Waals surface area (Å²) in [5.74, 6) is 1.95. The highest BCUT2D eigenvalue weighted by molar-refractivity contribution is 5.73. The highest BCUT2D eigenvalue weighted by Gasteiger charge is 2.24. The van der Waals surface area contributed by atoms with E-state index in [9.17, 15) is 0 Å². The number of rotatable bonds is 0. The Morgan fingerprint density at radius 1 is 0.688 bits per heavy atom. The molecular formula is C14H20O2. The Balaban J connectivity index is 2.49. The molecule has 2 heteroatoms. The average Bonchev–Trinajstić information content (AvgIpc) is 2.53. The second-order valence-electron chi connectivity index (χ2n) is 6.45. The molecule has 0 aliphatic carbocycles. The van der Waals surface area contributed by atoms with Crippen molar-refractivity contribution in [1.29, 1.82) is 0 Å². The molecule has 0 spiro atoms. The summed E-state index contributed by atoms with van der Waals surface area (Å²) in [6, 6.07) is 4.01. The SMILES string of the molecule is CC(C)(C)c1cc2oc(C(C)(C)C)cc2o1. The van der Waals surface area contributed by atoms with Gasteiger partial charge in [-0.25, -0.2) is 0 Å². The predicted octanol–water partition coefficient (Wildman–Crippen LogP) is 4.62. The number of hydrogen-bond acceptors (Lipinski definition) is 2. The van der Waals surface area contributed by atoms with Crippen molar-refractivity contribution in [1.82, 2.24) is 0 Å². The van der Waals surface area contributed by atoms with Gasteiger partial charge in [-0.05, 0) is 0 Å². The van der Waals surface area contributed by atoms with Gasteiger partial charge in [0, 0.05) is 23.0 Å². The van der Waals surface area contributed by atoms with E-state index in [2.05, 4.69) is 41.5 Å². The van der Waals surface area contributed by atoms with E-state index < -0.39 is 0 Å². The Hall–Kier alpha value is -1.18. The molecule has 0 atom stereocenters. The van der Waals surface area contributed by atoms with Crippen molar-refractivity contribution in [3.05, 3.63) is 23.7 Å². The summed E-state index contributed by atoms with van der Waals surface area (Å²) < 4.78 is 11.6. The average molecular weight is 220 g/mol. The first-order chi connectivity index (χ1) is 7.18. The van der Waals surface area contributed by atoms with Crippen LogP contribution in [0.3, 0.4) is 0 Å². The van der Waals surface area contributed by atoms with E-state index in [1.54, 1.807) is 0 Å². The molecule has 2 nitrogen and oxygen atoms in total. The van der Waals surface area contributed by atoms with E-state index in [0.29, 0.717) is 0 Å². The molecule has 2 aromatic heterocycles. The van der Waals surface area contributed by atoms with E-state index in [1.807, 2.05) is 12.1 Å². The van der Waals surface area contributed by atoms with Crippen molar-refractivity contribution in [2.45, 2.75) is 52.4 Å². The molecule has 0 fully saturated rings. The van der Waals surface area contributed by atoms with Crippen LogP contribution in [0.5, 0.6) is 0 Å². The van der Waals surface area contributed by atoms with Gasteiger partial charge in [-0.15, -0.1) is 0 Å². The van der Waals surface area contributed by atoms with Gasteiger partial charge in [-0.3, -0.25) is 0 Å². The Morgan fingerprint density at radius 3 is 1.25 bits per heavy atom. The molecular weight excluding hydrogens is 200 g/mol. The van der Waals surface area contributed by atoms with Gasteiger partial charge in [0.25, 0.3) is 0 Å². The topological polar surface area (TPSA) is 26.3 Å². The molecule has 0 bridgehead atoms. The fourth-order valence-electron chi connectivity index (χ4n) is 1.57. The van der Waals surface area contributed by atoms with E-state index in [4.69, 9.17) is 8.83 Å². The molecule has 0 unspecified atom stereocenters. The van der Waals surface area contributed by atoms with Gasteiger partial charge in [0.15, 0.2) is 11.2 Å². The van der Waals surface area contributed by atoms with Crippen LogP contribution in [0.25, 0.3) is 11.2 Å². The van der Waals surface area contributed by atoms with E-state index in [-0.39, 0.29) is 10.8 Å². The summed E-state index contributed by atoms with van der Waals surface area (Å²) in [7, 11) is 0. The first-order valence-corrected chi connectivity index (χ1v) is 5.72. The van der Waals surface area contributed by atoms with Crippen molar-refractivity contribution in [3.8, 4) is 0 Å². The maximum Gasteiger partial charge on any atom is 0.172 e. The molecule has 0 aliphatic heterocycles. The van der Waals surface area contributed by atoms with Crippen molar-refractivity contribution in [2.75, 3.05) is 0 Å². The zero-order chi connectivity index (χ0) is 12.1. The molecule has 2 heterocycles. The van der Waals surface area contributed by atoms with Crippen molar-refractivity contribution in [2.24, 2.45) is 0 Å². The van der Waals surface area contributed by atoms with Crippen LogP contribution in [0, 0.1) is 0 Å². The fraction of sp³-hybridized carbons (Fsp3) is 0.571. The summed E-state index contributed by atoms with van der Waals surface area (Å²) in [4.78, 5) is 0. The molecule has 2 aromatic rings. The summed E-state index contributed by atoms with van der Waals surface area (Å²) in [6.07, 6.45) is 0. The molecule has 0 aromatic carbocycles. The van der Waals surface area contributed by atoms with E-state index in [0.717, 1.165) is 22.7 Å². The van der Waals surface area contributed by atoms with Crippen molar-refractivity contribution in [3.63, 3.8) is 0 Å². The zero-order valence-corrected chi connectivity index (χ0v) is 11.0. The third-order valence-corrected chi connectivity index (χ3v) is 2.69. The van der Waals surface area contributed by atoms with E-state index in [1.165, 1.54) is 0 Å². The van der Waals surface area contributed by atoms with Crippen LogP contribution in [0.2, 0.25) is 0 Å². The van der Waals surface area contributed by atoms with Crippen LogP contribution < -0.4 is 0 Å². The minimum atomic E-state index is 0.0312. The van der Waals surface area contributed by atoms with Crippen molar-refractivity contribution >= 4 is 11.2 Å². The summed E-state index contributed by atoms with van der Waals surface area (Å²) in [5, 5.41) is 0. The quantitative estimate of drug-likeness (QED) is 0.647. The molecule has 0 N–H and O–H groups in total. The summed E-state index contributed by atoms with van der Waals surface area (Å²) in [5.41, 5.74) is 1.78. The molecule has 88 valence electrons. The van der Waals surface area contributed by atoms with Crippen LogP contribution in [-0.4, -0.2) is 0 Å². The Bertz CT molecular complexity index is 426. The lowest BCUT2D eigenvalue weighted by molar-refractivity contribution is 0.423. The lowest BCUT2D eigenvalue weighted by atomic mass is 9.93. The standard InChI is InChI=1S/C14H20O2/c1-13(2,3)11-7-9-10(15-11)8-12(16-9)14(4,5)6/h7-8H,1-6H3. The Labute approximate surface area is 96.6 Å². The van der Waals surface area contributed by atoms with Gasteiger partial charge >= 0.3 is 0 Å². The minimum Gasteiger partial charge on any atom is -0.457 e. The third-order valence-electron chi connectivity index (χ3n) is 2.69. The number of hydrogen-bond donors (Lipinski definition) is 0. The van der Waals surface area contributed by atoms with Crippen LogP contribution in [-0.2, 0) is 10.8 Å². The van der Waals surface area contributed by atoms with Crippen LogP contribution in [0.4, 0.5) is 0 Å². The Morgan fingerprint density at radius 2 is 1.00 bits per heavy atom. The van der Waals surface area contributed by atoms with Crippen LogP contribution in [0.1, 0.15) is 53.1 Å². The smallest absolute Gasteiger partial charge is 0.172 e. The van der Waals surface area contributed by atoms with Crippen LogP contribution in [0.15, 0.2) is 21.0 Å². The summed E-state index contributed by atoms with van der Waals surface area (Å²) in [6.45, 7) is 12.8. The monoisotopic (exact) mass is 220 g/mol. The van der Waals surface area contributed by atoms with Gasteiger partial charge in [-0.1, -0.05) is 41.5 Å². The molecule has 0 aliphatic rings. The highest BCUT2D eigenvalue weighted by Crippen LogP contribution is 2.34. The summed E-state index contributed by atoms with van der Waals surface area (Å²) >= 11 is 0. The normalized spacial score (nSPS) is 13.6.